The van der Waals surface area contributed by atoms with Crippen molar-refractivity contribution in [1.29, 1.82) is 0 Å². The third kappa shape index (κ3) is 4.45. The summed E-state index contributed by atoms with van der Waals surface area (Å²) in [6.45, 7) is 7.15. The van der Waals surface area contributed by atoms with E-state index in [1.165, 1.54) is 5.56 Å². The molecule has 2 saturated heterocycles. The number of methoxy groups -OCH3 is 1. The summed E-state index contributed by atoms with van der Waals surface area (Å²) < 4.78 is 5.25. The van der Waals surface area contributed by atoms with Crippen LogP contribution in [0.2, 0.25) is 0 Å². The highest BCUT2D eigenvalue weighted by Gasteiger charge is 2.53. The van der Waals surface area contributed by atoms with Gasteiger partial charge in [0.15, 0.2) is 0 Å². The van der Waals surface area contributed by atoms with E-state index in [1.54, 1.807) is 24.1 Å². The Morgan fingerprint density at radius 2 is 1.76 bits per heavy atom. The van der Waals surface area contributed by atoms with Crippen LogP contribution in [0.4, 0.5) is 5.69 Å². The lowest BCUT2D eigenvalue weighted by atomic mass is 9.85. The summed E-state index contributed by atoms with van der Waals surface area (Å²) >= 11 is 0. The maximum atomic E-state index is 13.5. The Hall–Kier alpha value is -3.35. The van der Waals surface area contributed by atoms with Crippen molar-refractivity contribution in [3.05, 3.63) is 59.7 Å². The number of likely N-dealkylation sites (tertiary alicyclic amines) is 1. The minimum Gasteiger partial charge on any atom is -0.497 e. The molecule has 2 heterocycles. The van der Waals surface area contributed by atoms with Crippen LogP contribution in [-0.4, -0.2) is 42.8 Å². The van der Waals surface area contributed by atoms with Gasteiger partial charge < -0.3 is 20.3 Å². The number of carbonyl (C=O) groups is 3. The molecule has 2 unspecified atom stereocenters. The zero-order chi connectivity index (χ0) is 23.8. The Balaban J connectivity index is 1.62. The van der Waals surface area contributed by atoms with E-state index >= 15 is 0 Å². The van der Waals surface area contributed by atoms with Crippen LogP contribution < -0.4 is 15.4 Å². The molecule has 2 aliphatic rings. The largest absolute Gasteiger partial charge is 0.497 e. The van der Waals surface area contributed by atoms with Gasteiger partial charge in [0.05, 0.1) is 12.5 Å². The number of hydrogen-bond donors (Lipinski definition) is 2. The maximum absolute atomic E-state index is 13.5. The van der Waals surface area contributed by atoms with Gasteiger partial charge >= 0.3 is 0 Å². The Morgan fingerprint density at radius 3 is 2.30 bits per heavy atom. The molecule has 3 amide bonds. The van der Waals surface area contributed by atoms with Crippen LogP contribution in [0.5, 0.6) is 5.75 Å². The van der Waals surface area contributed by atoms with E-state index in [9.17, 15) is 14.4 Å². The second-order valence-corrected chi connectivity index (χ2v) is 9.97. The monoisotopic (exact) mass is 449 g/mol. The van der Waals surface area contributed by atoms with Crippen LogP contribution in [0, 0.1) is 5.41 Å². The Labute approximate surface area is 194 Å². The number of benzene rings is 2. The molecule has 4 rings (SSSR count). The number of hydrogen-bond acceptors (Lipinski definition) is 4. The zero-order valence-electron chi connectivity index (χ0n) is 19.6. The van der Waals surface area contributed by atoms with Gasteiger partial charge in [-0.15, -0.1) is 0 Å². The smallest absolute Gasteiger partial charge is 0.251 e. The fourth-order valence-electron chi connectivity index (χ4n) is 4.65. The van der Waals surface area contributed by atoms with Gasteiger partial charge in [-0.1, -0.05) is 45.0 Å². The quantitative estimate of drug-likeness (QED) is 0.732. The number of nitrogens with zero attached hydrogens (tertiary/aromatic N) is 1. The van der Waals surface area contributed by atoms with Gasteiger partial charge in [0.2, 0.25) is 11.8 Å². The normalized spacial score (nSPS) is 21.3. The van der Waals surface area contributed by atoms with Crippen LogP contribution in [0.15, 0.2) is 48.5 Å². The van der Waals surface area contributed by atoms with Gasteiger partial charge in [-0.3, -0.25) is 14.4 Å². The van der Waals surface area contributed by atoms with Gasteiger partial charge in [0.1, 0.15) is 11.8 Å². The molecule has 0 saturated carbocycles. The van der Waals surface area contributed by atoms with Crippen LogP contribution in [0.25, 0.3) is 0 Å². The van der Waals surface area contributed by atoms with Gasteiger partial charge in [0, 0.05) is 25.2 Å². The van der Waals surface area contributed by atoms with Crippen molar-refractivity contribution < 1.29 is 19.1 Å². The second kappa shape index (κ2) is 8.54. The maximum Gasteiger partial charge on any atom is 0.251 e. The molecule has 1 spiro atoms. The fourth-order valence-corrected chi connectivity index (χ4v) is 4.65. The predicted molar refractivity (Wildman–Crippen MR) is 126 cm³/mol. The van der Waals surface area contributed by atoms with Gasteiger partial charge in [0.25, 0.3) is 5.91 Å². The molecular weight excluding hydrogens is 418 g/mol. The molecule has 7 nitrogen and oxygen atoms in total. The van der Waals surface area contributed by atoms with Gasteiger partial charge in [-0.25, -0.2) is 0 Å². The van der Waals surface area contributed by atoms with E-state index in [0.717, 1.165) is 0 Å². The van der Waals surface area contributed by atoms with E-state index in [0.29, 0.717) is 36.5 Å². The number of amides is 3. The summed E-state index contributed by atoms with van der Waals surface area (Å²) in [5.41, 5.74) is 1.79. The van der Waals surface area contributed by atoms with Crippen LogP contribution in [0.3, 0.4) is 0 Å². The summed E-state index contributed by atoms with van der Waals surface area (Å²) in [4.78, 5) is 40.5. The third-order valence-corrected chi connectivity index (χ3v) is 6.68. The van der Waals surface area contributed by atoms with Crippen molar-refractivity contribution in [3.63, 3.8) is 0 Å². The highest BCUT2D eigenvalue weighted by Crippen LogP contribution is 2.42. The number of anilines is 1. The Kier molecular flexibility index (Phi) is 5.91. The standard InChI is InChI=1S/C26H31N3O4/c1-25(2,3)18-7-9-19(10-8-18)28-23(31)22(17-5-11-20(33-4)12-6-17)29-14-13-26(24(29)32)15-21(30)27-16-26/h5-12,22H,13-16H2,1-4H3,(H,27,30)(H,28,31). The average molecular weight is 450 g/mol. The molecule has 0 aromatic heterocycles. The second-order valence-electron chi connectivity index (χ2n) is 9.97. The highest BCUT2D eigenvalue weighted by atomic mass is 16.5. The van der Waals surface area contributed by atoms with E-state index in [-0.39, 0.29) is 29.6 Å². The topological polar surface area (TPSA) is 87.7 Å². The molecule has 2 N–H and O–H groups in total. The minimum absolute atomic E-state index is 0.0111. The summed E-state index contributed by atoms with van der Waals surface area (Å²) in [7, 11) is 1.58. The average Bonchev–Trinajstić information content (AvgIpc) is 3.31. The number of rotatable bonds is 5. The lowest BCUT2D eigenvalue weighted by Gasteiger charge is -2.29. The number of nitrogens with one attached hydrogen (secondary N) is 2. The lowest BCUT2D eigenvalue weighted by Crippen LogP contribution is -2.42. The summed E-state index contributed by atoms with van der Waals surface area (Å²) in [6.07, 6.45) is 0.721. The van der Waals surface area contributed by atoms with Crippen molar-refractivity contribution in [1.82, 2.24) is 10.2 Å². The highest BCUT2D eigenvalue weighted by molar-refractivity contribution is 6.01. The van der Waals surface area contributed by atoms with Crippen molar-refractivity contribution >= 4 is 23.4 Å². The first-order valence-corrected chi connectivity index (χ1v) is 11.3. The Morgan fingerprint density at radius 1 is 1.09 bits per heavy atom. The van der Waals surface area contributed by atoms with E-state index in [2.05, 4.69) is 31.4 Å². The molecule has 0 aliphatic carbocycles. The third-order valence-electron chi connectivity index (χ3n) is 6.68. The molecule has 2 atom stereocenters. The van der Waals surface area contributed by atoms with Crippen molar-refractivity contribution in [2.24, 2.45) is 5.41 Å². The van der Waals surface area contributed by atoms with Crippen LogP contribution in [0.1, 0.15) is 50.8 Å². The molecule has 0 radical (unpaired) electrons. The van der Waals surface area contributed by atoms with Crippen LogP contribution >= 0.6 is 0 Å². The molecule has 2 aliphatic heterocycles. The summed E-state index contributed by atoms with van der Waals surface area (Å²) in [6, 6.07) is 14.2. The van der Waals surface area contributed by atoms with Crippen LogP contribution in [-0.2, 0) is 19.8 Å². The molecule has 2 aromatic carbocycles. The lowest BCUT2D eigenvalue weighted by molar-refractivity contribution is -0.141. The first-order chi connectivity index (χ1) is 15.6. The van der Waals surface area contributed by atoms with Gasteiger partial charge in [-0.05, 0) is 47.2 Å². The molecular formula is C26H31N3O4. The van der Waals surface area contributed by atoms with E-state index in [4.69, 9.17) is 4.74 Å². The fraction of sp³-hybridized carbons (Fsp3) is 0.423. The summed E-state index contributed by atoms with van der Waals surface area (Å²) in [5, 5.41) is 5.77. The first kappa shape index (κ1) is 22.8. The SMILES string of the molecule is COc1ccc(C(C(=O)Nc2ccc(C(C)(C)C)cc2)N2CCC3(CNC(=O)C3)C2=O)cc1. The molecule has 0 bridgehead atoms. The number of carbonyl (C=O) groups excluding carboxylic acids is 3. The Bertz CT molecular complexity index is 1060. The first-order valence-electron chi connectivity index (χ1n) is 11.3. The number of ether oxygens (including phenoxy) is 1. The molecule has 33 heavy (non-hydrogen) atoms. The van der Waals surface area contributed by atoms with Crippen molar-refractivity contribution in [3.8, 4) is 5.75 Å². The van der Waals surface area contributed by atoms with Gasteiger partial charge in [-0.2, -0.15) is 0 Å². The molecule has 7 heteroatoms. The van der Waals surface area contributed by atoms with E-state index < -0.39 is 11.5 Å². The summed E-state index contributed by atoms with van der Waals surface area (Å²) in [5.74, 6) is 0.117. The van der Waals surface area contributed by atoms with Crippen molar-refractivity contribution in [2.45, 2.75) is 45.1 Å². The molecule has 174 valence electrons. The molecule has 2 fully saturated rings. The minimum atomic E-state index is -0.805. The van der Waals surface area contributed by atoms with E-state index in [1.807, 2.05) is 36.4 Å². The predicted octanol–water partition coefficient (Wildman–Crippen LogP) is 3.41. The molecule has 2 aromatic rings. The zero-order valence-corrected chi connectivity index (χ0v) is 19.6. The van der Waals surface area contributed by atoms with Crippen molar-refractivity contribution in [2.75, 3.05) is 25.5 Å².